The van der Waals surface area contributed by atoms with E-state index >= 15 is 0 Å². The molecule has 17 heavy (non-hydrogen) atoms. The Labute approximate surface area is 104 Å². The van der Waals surface area contributed by atoms with Gasteiger partial charge in [0.15, 0.2) is 0 Å². The third-order valence-corrected chi connectivity index (χ3v) is 3.21. The zero-order chi connectivity index (χ0) is 12.7. The van der Waals surface area contributed by atoms with E-state index in [9.17, 15) is 9.90 Å². The quantitative estimate of drug-likeness (QED) is 0.613. The molecule has 0 aromatic carbocycles. The fraction of sp³-hybridized carbons (Fsp3) is 0.923. The SMILES string of the molecule is CC(C)NCCCC(=O)N[C@H]1CCCC[C@@H]1O. The lowest BCUT2D eigenvalue weighted by Gasteiger charge is -2.28. The second-order valence-electron chi connectivity index (χ2n) is 5.24. The van der Waals surface area contributed by atoms with Gasteiger partial charge in [-0.1, -0.05) is 26.7 Å². The van der Waals surface area contributed by atoms with Gasteiger partial charge < -0.3 is 15.7 Å². The van der Waals surface area contributed by atoms with Crippen LogP contribution in [0.5, 0.6) is 0 Å². The van der Waals surface area contributed by atoms with E-state index in [0.29, 0.717) is 12.5 Å². The molecule has 4 nitrogen and oxygen atoms in total. The van der Waals surface area contributed by atoms with Crippen LogP contribution in [-0.4, -0.2) is 35.7 Å². The molecule has 1 saturated carbocycles. The fourth-order valence-electron chi connectivity index (χ4n) is 2.20. The number of carbonyl (C=O) groups is 1. The fourth-order valence-corrected chi connectivity index (χ4v) is 2.20. The topological polar surface area (TPSA) is 61.4 Å². The van der Waals surface area contributed by atoms with E-state index in [4.69, 9.17) is 0 Å². The molecule has 0 radical (unpaired) electrons. The molecule has 0 spiro atoms. The number of nitrogens with one attached hydrogen (secondary N) is 2. The zero-order valence-electron chi connectivity index (χ0n) is 11.0. The van der Waals surface area contributed by atoms with Gasteiger partial charge in [-0.3, -0.25) is 4.79 Å². The standard InChI is InChI=1S/C13H26N2O2/c1-10(2)14-9-5-8-13(17)15-11-6-3-4-7-12(11)16/h10-12,14,16H,3-9H2,1-2H3,(H,15,17)/t11-,12-/m0/s1. The van der Waals surface area contributed by atoms with Gasteiger partial charge in [-0.15, -0.1) is 0 Å². The van der Waals surface area contributed by atoms with Crippen LogP contribution in [0.15, 0.2) is 0 Å². The molecular formula is C13H26N2O2. The molecule has 1 aliphatic rings. The second-order valence-corrected chi connectivity index (χ2v) is 5.24. The Morgan fingerprint density at radius 2 is 2.06 bits per heavy atom. The van der Waals surface area contributed by atoms with Crippen molar-refractivity contribution in [2.75, 3.05) is 6.54 Å². The number of carbonyl (C=O) groups excluding carboxylic acids is 1. The van der Waals surface area contributed by atoms with Crippen molar-refractivity contribution in [2.24, 2.45) is 0 Å². The third-order valence-electron chi connectivity index (χ3n) is 3.21. The first-order chi connectivity index (χ1) is 8.09. The van der Waals surface area contributed by atoms with Crippen LogP contribution in [0.4, 0.5) is 0 Å². The monoisotopic (exact) mass is 242 g/mol. The van der Waals surface area contributed by atoms with Crippen molar-refractivity contribution in [3.63, 3.8) is 0 Å². The van der Waals surface area contributed by atoms with Crippen molar-refractivity contribution < 1.29 is 9.90 Å². The summed E-state index contributed by atoms with van der Waals surface area (Å²) in [5, 5.41) is 16.0. The van der Waals surface area contributed by atoms with Gasteiger partial charge in [0.25, 0.3) is 0 Å². The summed E-state index contributed by atoms with van der Waals surface area (Å²) in [4.78, 5) is 11.7. The van der Waals surface area contributed by atoms with Crippen LogP contribution in [0, 0.1) is 0 Å². The molecule has 0 saturated heterocycles. The van der Waals surface area contributed by atoms with Crippen LogP contribution in [0.2, 0.25) is 0 Å². The van der Waals surface area contributed by atoms with Crippen molar-refractivity contribution >= 4 is 5.91 Å². The van der Waals surface area contributed by atoms with E-state index in [1.54, 1.807) is 0 Å². The molecule has 1 rings (SSSR count). The number of rotatable bonds is 6. The Morgan fingerprint density at radius 3 is 2.71 bits per heavy atom. The molecule has 0 aromatic heterocycles. The first-order valence-corrected chi connectivity index (χ1v) is 6.80. The van der Waals surface area contributed by atoms with Gasteiger partial charge in [0.05, 0.1) is 12.1 Å². The predicted octanol–water partition coefficient (Wildman–Crippen LogP) is 1.18. The minimum Gasteiger partial charge on any atom is -0.391 e. The Kier molecular flexibility index (Phi) is 6.52. The van der Waals surface area contributed by atoms with E-state index in [1.165, 1.54) is 0 Å². The van der Waals surface area contributed by atoms with Gasteiger partial charge in [-0.2, -0.15) is 0 Å². The summed E-state index contributed by atoms with van der Waals surface area (Å²) in [6.07, 6.45) is 4.97. The summed E-state index contributed by atoms with van der Waals surface area (Å²) >= 11 is 0. The normalized spacial score (nSPS) is 24.9. The summed E-state index contributed by atoms with van der Waals surface area (Å²) in [6, 6.07) is 0.451. The first kappa shape index (κ1) is 14.5. The maximum absolute atomic E-state index is 11.7. The number of hydrogen-bond donors (Lipinski definition) is 3. The van der Waals surface area contributed by atoms with Crippen LogP contribution in [0.25, 0.3) is 0 Å². The van der Waals surface area contributed by atoms with Crippen molar-refractivity contribution in [3.05, 3.63) is 0 Å². The molecule has 3 N–H and O–H groups in total. The lowest BCUT2D eigenvalue weighted by atomic mass is 9.92. The molecule has 0 unspecified atom stereocenters. The summed E-state index contributed by atoms with van der Waals surface area (Å²) in [7, 11) is 0. The second kappa shape index (κ2) is 7.67. The van der Waals surface area contributed by atoms with Crippen LogP contribution in [0.3, 0.4) is 0 Å². The molecule has 1 aliphatic carbocycles. The van der Waals surface area contributed by atoms with Gasteiger partial charge >= 0.3 is 0 Å². The van der Waals surface area contributed by atoms with Gasteiger partial charge in [0.1, 0.15) is 0 Å². The van der Waals surface area contributed by atoms with Crippen LogP contribution >= 0.6 is 0 Å². The van der Waals surface area contributed by atoms with Crippen molar-refractivity contribution in [2.45, 2.75) is 70.6 Å². The largest absolute Gasteiger partial charge is 0.391 e. The first-order valence-electron chi connectivity index (χ1n) is 6.80. The van der Waals surface area contributed by atoms with Crippen molar-refractivity contribution in [1.82, 2.24) is 10.6 Å². The highest BCUT2D eigenvalue weighted by atomic mass is 16.3. The highest BCUT2D eigenvalue weighted by Crippen LogP contribution is 2.18. The molecule has 4 heteroatoms. The Balaban J connectivity index is 2.11. The molecule has 0 bridgehead atoms. The van der Waals surface area contributed by atoms with Gasteiger partial charge in [0.2, 0.25) is 5.91 Å². The number of hydrogen-bond acceptors (Lipinski definition) is 3. The van der Waals surface area contributed by atoms with Gasteiger partial charge in [-0.25, -0.2) is 0 Å². The maximum Gasteiger partial charge on any atom is 0.220 e. The Hall–Kier alpha value is -0.610. The highest BCUT2D eigenvalue weighted by molar-refractivity contribution is 5.76. The Morgan fingerprint density at radius 1 is 1.35 bits per heavy atom. The smallest absolute Gasteiger partial charge is 0.220 e. The lowest BCUT2D eigenvalue weighted by Crippen LogP contribution is -2.45. The number of aliphatic hydroxyl groups excluding tert-OH is 1. The average Bonchev–Trinajstić information content (AvgIpc) is 2.27. The summed E-state index contributed by atoms with van der Waals surface area (Å²) in [6.45, 7) is 5.06. The number of aliphatic hydroxyl groups is 1. The van der Waals surface area contributed by atoms with E-state index < -0.39 is 0 Å². The Bertz CT molecular complexity index is 231. The van der Waals surface area contributed by atoms with Crippen LogP contribution in [-0.2, 0) is 4.79 Å². The molecule has 0 aromatic rings. The van der Waals surface area contributed by atoms with Crippen molar-refractivity contribution in [3.8, 4) is 0 Å². The summed E-state index contributed by atoms with van der Waals surface area (Å²) < 4.78 is 0. The van der Waals surface area contributed by atoms with Gasteiger partial charge in [-0.05, 0) is 25.8 Å². The van der Waals surface area contributed by atoms with E-state index in [-0.39, 0.29) is 18.1 Å². The molecule has 0 aliphatic heterocycles. The van der Waals surface area contributed by atoms with Crippen LogP contribution < -0.4 is 10.6 Å². The summed E-state index contributed by atoms with van der Waals surface area (Å²) in [5.74, 6) is 0.0708. The van der Waals surface area contributed by atoms with Crippen LogP contribution in [0.1, 0.15) is 52.4 Å². The third kappa shape index (κ3) is 6.03. The molecule has 2 atom stereocenters. The predicted molar refractivity (Wildman–Crippen MR) is 68.8 cm³/mol. The molecule has 100 valence electrons. The minimum atomic E-state index is -0.346. The summed E-state index contributed by atoms with van der Waals surface area (Å²) in [5.41, 5.74) is 0. The highest BCUT2D eigenvalue weighted by Gasteiger charge is 2.23. The molecular weight excluding hydrogens is 216 g/mol. The van der Waals surface area contributed by atoms with Crippen molar-refractivity contribution in [1.29, 1.82) is 0 Å². The molecule has 1 amide bonds. The van der Waals surface area contributed by atoms with E-state index in [1.807, 2.05) is 0 Å². The number of amides is 1. The average molecular weight is 242 g/mol. The minimum absolute atomic E-state index is 0.0192. The maximum atomic E-state index is 11.7. The van der Waals surface area contributed by atoms with Gasteiger partial charge in [0, 0.05) is 12.5 Å². The lowest BCUT2D eigenvalue weighted by molar-refractivity contribution is -0.123. The zero-order valence-corrected chi connectivity index (χ0v) is 11.0. The van der Waals surface area contributed by atoms with E-state index in [2.05, 4.69) is 24.5 Å². The van der Waals surface area contributed by atoms with E-state index in [0.717, 1.165) is 38.6 Å². The molecule has 1 fully saturated rings. The molecule has 0 heterocycles.